The lowest BCUT2D eigenvalue weighted by Crippen LogP contribution is -2.23. The van der Waals surface area contributed by atoms with Gasteiger partial charge in [0.25, 0.3) is 5.91 Å². The number of allylic oxidation sites excluding steroid dienone is 2. The second-order valence-electron chi connectivity index (χ2n) is 7.15. The standard InChI is InChI=1S/C24H28N2O6/c1-15(2)5-9-19-17(12-18(27)13-21(19)30-3)8-6-16-7-10-20(22(11-16)31-4)26-23(28)14-32-24(25)29/h5-8,10-13,27H,9,14H2,1-4H3,(H2,25,29)(H,26,28)/b8-6+. The first kappa shape index (κ1) is 24.3. The smallest absolute Gasteiger partial charge is 0.405 e. The molecule has 2 rings (SSSR count). The molecule has 4 N–H and O–H groups in total. The molecule has 0 saturated heterocycles. The van der Waals surface area contributed by atoms with Gasteiger partial charge < -0.3 is 30.4 Å². The molecule has 2 aromatic rings. The lowest BCUT2D eigenvalue weighted by molar-refractivity contribution is -0.118. The minimum absolute atomic E-state index is 0.108. The summed E-state index contributed by atoms with van der Waals surface area (Å²) in [4.78, 5) is 22.5. The highest BCUT2D eigenvalue weighted by Gasteiger charge is 2.11. The maximum Gasteiger partial charge on any atom is 0.405 e. The van der Waals surface area contributed by atoms with Crippen LogP contribution in [0.5, 0.6) is 17.2 Å². The summed E-state index contributed by atoms with van der Waals surface area (Å²) in [6, 6.07) is 8.48. The number of primary amides is 1. The van der Waals surface area contributed by atoms with Gasteiger partial charge in [-0.25, -0.2) is 4.79 Å². The molecule has 0 aliphatic heterocycles. The SMILES string of the molecule is COc1cc(/C=C/c2cc(O)cc(OC)c2CC=C(C)C)ccc1NC(=O)COC(N)=O. The third kappa shape index (κ3) is 7.09. The Hall–Kier alpha value is -3.94. The van der Waals surface area contributed by atoms with Crippen LogP contribution in [0, 0.1) is 0 Å². The van der Waals surface area contributed by atoms with Gasteiger partial charge in [0.1, 0.15) is 17.2 Å². The van der Waals surface area contributed by atoms with Crippen molar-refractivity contribution in [3.8, 4) is 17.2 Å². The molecule has 0 heterocycles. The number of hydrogen-bond acceptors (Lipinski definition) is 6. The molecule has 8 nitrogen and oxygen atoms in total. The highest BCUT2D eigenvalue weighted by atomic mass is 16.5. The third-order valence-electron chi connectivity index (χ3n) is 4.46. The number of hydrogen-bond donors (Lipinski definition) is 3. The highest BCUT2D eigenvalue weighted by Crippen LogP contribution is 2.31. The Morgan fingerprint density at radius 3 is 2.41 bits per heavy atom. The number of nitrogens with two attached hydrogens (primary N) is 1. The summed E-state index contributed by atoms with van der Waals surface area (Å²) in [6.45, 7) is 3.55. The van der Waals surface area contributed by atoms with Crippen molar-refractivity contribution >= 4 is 29.8 Å². The van der Waals surface area contributed by atoms with Crippen molar-refractivity contribution in [3.05, 3.63) is 58.7 Å². The molecule has 0 spiro atoms. The minimum atomic E-state index is -1.03. The quantitative estimate of drug-likeness (QED) is 0.398. The van der Waals surface area contributed by atoms with E-state index in [-0.39, 0.29) is 5.75 Å². The summed E-state index contributed by atoms with van der Waals surface area (Å²) in [6.07, 6.45) is 5.47. The van der Waals surface area contributed by atoms with E-state index < -0.39 is 18.6 Å². The molecule has 0 radical (unpaired) electrons. The van der Waals surface area contributed by atoms with E-state index in [0.717, 1.165) is 16.7 Å². The Balaban J connectivity index is 2.30. The third-order valence-corrected chi connectivity index (χ3v) is 4.46. The molecule has 0 saturated carbocycles. The molecule has 0 fully saturated rings. The second-order valence-corrected chi connectivity index (χ2v) is 7.15. The number of carbonyl (C=O) groups is 2. The van der Waals surface area contributed by atoms with Gasteiger partial charge in [0.2, 0.25) is 0 Å². The monoisotopic (exact) mass is 440 g/mol. The zero-order valence-electron chi connectivity index (χ0n) is 18.6. The first-order chi connectivity index (χ1) is 15.2. The van der Waals surface area contributed by atoms with Crippen LogP contribution in [0.15, 0.2) is 42.0 Å². The van der Waals surface area contributed by atoms with Crippen molar-refractivity contribution < 1.29 is 28.9 Å². The summed E-state index contributed by atoms with van der Waals surface area (Å²) in [5, 5.41) is 12.7. The van der Waals surface area contributed by atoms with Crippen LogP contribution in [0.4, 0.5) is 10.5 Å². The summed E-state index contributed by atoms with van der Waals surface area (Å²) in [7, 11) is 3.05. The number of anilines is 1. The van der Waals surface area contributed by atoms with E-state index in [9.17, 15) is 14.7 Å². The Bertz CT molecular complexity index is 1040. The molecule has 0 aromatic heterocycles. The van der Waals surface area contributed by atoms with E-state index in [2.05, 4.69) is 16.1 Å². The molecule has 2 aromatic carbocycles. The first-order valence-electron chi connectivity index (χ1n) is 9.85. The lowest BCUT2D eigenvalue weighted by atomic mass is 10.00. The fraction of sp³-hybridized carbons (Fsp3) is 0.250. The van der Waals surface area contributed by atoms with Gasteiger partial charge in [-0.2, -0.15) is 0 Å². The van der Waals surface area contributed by atoms with Crippen molar-refractivity contribution in [1.29, 1.82) is 0 Å². The minimum Gasteiger partial charge on any atom is -0.508 e. The van der Waals surface area contributed by atoms with E-state index in [0.29, 0.717) is 23.6 Å². The van der Waals surface area contributed by atoms with E-state index in [1.54, 1.807) is 37.4 Å². The number of amides is 2. The van der Waals surface area contributed by atoms with Gasteiger partial charge in [0, 0.05) is 11.6 Å². The summed E-state index contributed by atoms with van der Waals surface area (Å²) in [5.41, 5.74) is 9.04. The van der Waals surface area contributed by atoms with Crippen LogP contribution in [0.2, 0.25) is 0 Å². The molecule has 0 atom stereocenters. The number of aromatic hydroxyl groups is 1. The fourth-order valence-electron chi connectivity index (χ4n) is 2.93. The van der Waals surface area contributed by atoms with Crippen molar-refractivity contribution in [2.45, 2.75) is 20.3 Å². The molecule has 8 heteroatoms. The van der Waals surface area contributed by atoms with Gasteiger partial charge in [0.05, 0.1) is 19.9 Å². The number of methoxy groups -OCH3 is 2. The van der Waals surface area contributed by atoms with Crippen LogP contribution in [0.1, 0.15) is 30.5 Å². The molecule has 2 amide bonds. The summed E-state index contributed by atoms with van der Waals surface area (Å²) in [5.74, 6) is 0.603. The summed E-state index contributed by atoms with van der Waals surface area (Å²) < 4.78 is 15.3. The number of phenolic OH excluding ortho intramolecular Hbond substituents is 1. The molecular formula is C24H28N2O6. The molecule has 0 unspecified atom stereocenters. The number of ether oxygens (including phenoxy) is 3. The zero-order chi connectivity index (χ0) is 23.7. The molecule has 170 valence electrons. The van der Waals surface area contributed by atoms with Crippen LogP contribution in [-0.4, -0.2) is 37.9 Å². The van der Waals surface area contributed by atoms with Gasteiger partial charge in [-0.15, -0.1) is 0 Å². The molecule has 32 heavy (non-hydrogen) atoms. The van der Waals surface area contributed by atoms with Crippen LogP contribution in [0.25, 0.3) is 12.2 Å². The van der Waals surface area contributed by atoms with Crippen molar-refractivity contribution in [2.24, 2.45) is 5.73 Å². The fourth-order valence-corrected chi connectivity index (χ4v) is 2.93. The normalized spacial score (nSPS) is 10.5. The predicted octanol–water partition coefficient (Wildman–Crippen LogP) is 4.12. The van der Waals surface area contributed by atoms with Crippen LogP contribution < -0.4 is 20.5 Å². The van der Waals surface area contributed by atoms with Gasteiger partial charge in [0.15, 0.2) is 6.61 Å². The van der Waals surface area contributed by atoms with E-state index in [4.69, 9.17) is 15.2 Å². The van der Waals surface area contributed by atoms with Gasteiger partial charge in [-0.3, -0.25) is 4.79 Å². The number of rotatable bonds is 9. The average Bonchev–Trinajstić information content (AvgIpc) is 2.75. The maximum atomic E-state index is 11.9. The largest absolute Gasteiger partial charge is 0.508 e. The highest BCUT2D eigenvalue weighted by molar-refractivity contribution is 5.94. The van der Waals surface area contributed by atoms with E-state index in [1.807, 2.05) is 26.0 Å². The number of nitrogens with one attached hydrogen (secondary N) is 1. The Morgan fingerprint density at radius 2 is 1.78 bits per heavy atom. The Labute approximate surface area is 187 Å². The number of phenols is 1. The van der Waals surface area contributed by atoms with E-state index >= 15 is 0 Å². The van der Waals surface area contributed by atoms with Crippen molar-refractivity contribution in [1.82, 2.24) is 0 Å². The summed E-state index contributed by atoms with van der Waals surface area (Å²) >= 11 is 0. The number of carbonyl (C=O) groups excluding carboxylic acids is 2. The first-order valence-corrected chi connectivity index (χ1v) is 9.85. The van der Waals surface area contributed by atoms with Gasteiger partial charge in [-0.05, 0) is 49.6 Å². The van der Waals surface area contributed by atoms with Crippen LogP contribution in [-0.2, 0) is 16.0 Å². The van der Waals surface area contributed by atoms with Gasteiger partial charge in [-0.1, -0.05) is 29.9 Å². The lowest BCUT2D eigenvalue weighted by Gasteiger charge is -2.12. The van der Waals surface area contributed by atoms with Crippen molar-refractivity contribution in [2.75, 3.05) is 26.1 Å². The number of benzene rings is 2. The van der Waals surface area contributed by atoms with Crippen LogP contribution in [0.3, 0.4) is 0 Å². The molecule has 0 aliphatic carbocycles. The Morgan fingerprint density at radius 1 is 1.06 bits per heavy atom. The zero-order valence-corrected chi connectivity index (χ0v) is 18.6. The van der Waals surface area contributed by atoms with Crippen molar-refractivity contribution in [3.63, 3.8) is 0 Å². The van der Waals surface area contributed by atoms with Crippen LogP contribution >= 0.6 is 0 Å². The average molecular weight is 440 g/mol. The predicted molar refractivity (Wildman–Crippen MR) is 124 cm³/mol. The topological polar surface area (TPSA) is 120 Å². The molecular weight excluding hydrogens is 412 g/mol. The Kier molecular flexibility index (Phi) is 8.71. The van der Waals surface area contributed by atoms with E-state index in [1.165, 1.54) is 12.7 Å². The molecule has 0 bridgehead atoms. The maximum absolute atomic E-state index is 11.9. The molecule has 0 aliphatic rings. The van der Waals surface area contributed by atoms with Gasteiger partial charge >= 0.3 is 6.09 Å². The second kappa shape index (κ2) is 11.5.